The Bertz CT molecular complexity index is 171. The van der Waals surface area contributed by atoms with Crippen LogP contribution in [-0.4, -0.2) is 23.2 Å². The van der Waals surface area contributed by atoms with Crippen LogP contribution in [-0.2, 0) is 4.79 Å². The summed E-state index contributed by atoms with van der Waals surface area (Å²) < 4.78 is 0. The van der Waals surface area contributed by atoms with Crippen molar-refractivity contribution in [3.63, 3.8) is 0 Å². The summed E-state index contributed by atoms with van der Waals surface area (Å²) in [7, 11) is 0. The van der Waals surface area contributed by atoms with Gasteiger partial charge in [0.25, 0.3) is 0 Å². The van der Waals surface area contributed by atoms with E-state index < -0.39 is 11.5 Å². The molecule has 0 aromatic carbocycles. The Kier molecular flexibility index (Phi) is 2.29. The summed E-state index contributed by atoms with van der Waals surface area (Å²) >= 11 is 0. The number of carboxylic acids is 1. The van der Waals surface area contributed by atoms with Gasteiger partial charge in [-0.15, -0.1) is 6.58 Å². The molecule has 0 radical (unpaired) electrons. The molecule has 0 spiro atoms. The number of rotatable bonds is 3. The lowest BCUT2D eigenvalue weighted by Gasteiger charge is -2.22. The number of aliphatic carboxylic acids is 1. The smallest absolute Gasteiger partial charge is 0.324 e. The minimum atomic E-state index is -0.755. The highest BCUT2D eigenvalue weighted by Gasteiger charge is 2.39. The van der Waals surface area contributed by atoms with Gasteiger partial charge in [0.2, 0.25) is 0 Å². The molecule has 0 aromatic rings. The molecular formula is C8H13NO2. The standard InChI is InChI=1S/C8H13NO2/c1-2-4-8(7(10)11)5-3-6-9-8/h2,9H,1,3-6H2,(H,10,11). The van der Waals surface area contributed by atoms with Crippen LogP contribution in [0.15, 0.2) is 12.7 Å². The van der Waals surface area contributed by atoms with Crippen molar-refractivity contribution in [1.82, 2.24) is 5.32 Å². The summed E-state index contributed by atoms with van der Waals surface area (Å²) in [6.07, 6.45) is 3.84. The predicted octanol–water partition coefficient (Wildman–Crippen LogP) is 0.769. The van der Waals surface area contributed by atoms with Crippen molar-refractivity contribution >= 4 is 5.97 Å². The Balaban J connectivity index is 2.69. The molecule has 3 nitrogen and oxygen atoms in total. The third kappa shape index (κ3) is 1.43. The lowest BCUT2D eigenvalue weighted by atomic mass is 9.94. The molecule has 1 atom stereocenters. The van der Waals surface area contributed by atoms with Crippen molar-refractivity contribution in [2.24, 2.45) is 0 Å². The zero-order valence-corrected chi connectivity index (χ0v) is 6.47. The second kappa shape index (κ2) is 3.05. The molecule has 62 valence electrons. The highest BCUT2D eigenvalue weighted by atomic mass is 16.4. The summed E-state index contributed by atoms with van der Waals surface area (Å²) in [6.45, 7) is 4.35. The van der Waals surface area contributed by atoms with Crippen LogP contribution in [0, 0.1) is 0 Å². The first kappa shape index (κ1) is 8.27. The van der Waals surface area contributed by atoms with E-state index in [0.29, 0.717) is 12.8 Å². The molecule has 1 aliphatic rings. The van der Waals surface area contributed by atoms with Crippen LogP contribution in [0.1, 0.15) is 19.3 Å². The molecule has 2 N–H and O–H groups in total. The van der Waals surface area contributed by atoms with Crippen LogP contribution in [0.5, 0.6) is 0 Å². The van der Waals surface area contributed by atoms with Crippen molar-refractivity contribution in [2.75, 3.05) is 6.54 Å². The van der Waals surface area contributed by atoms with Gasteiger partial charge in [0.1, 0.15) is 5.54 Å². The fraction of sp³-hybridized carbons (Fsp3) is 0.625. The number of hydrogen-bond donors (Lipinski definition) is 2. The van der Waals surface area contributed by atoms with Crippen LogP contribution >= 0.6 is 0 Å². The SMILES string of the molecule is C=CCC1(C(=O)O)CCCN1. The molecule has 0 saturated carbocycles. The molecule has 1 aliphatic heterocycles. The second-order valence-electron chi connectivity index (χ2n) is 2.91. The zero-order valence-electron chi connectivity index (χ0n) is 6.47. The van der Waals surface area contributed by atoms with Gasteiger partial charge in [-0.1, -0.05) is 6.08 Å². The van der Waals surface area contributed by atoms with Crippen LogP contribution in [0.2, 0.25) is 0 Å². The third-order valence-electron chi connectivity index (χ3n) is 2.15. The van der Waals surface area contributed by atoms with Crippen LogP contribution in [0.3, 0.4) is 0 Å². The Hall–Kier alpha value is -0.830. The topological polar surface area (TPSA) is 49.3 Å². The molecular weight excluding hydrogens is 142 g/mol. The molecule has 1 heterocycles. The van der Waals surface area contributed by atoms with Crippen LogP contribution in [0.25, 0.3) is 0 Å². The van der Waals surface area contributed by atoms with Crippen LogP contribution < -0.4 is 5.32 Å². The summed E-state index contributed by atoms with van der Waals surface area (Å²) in [5.74, 6) is -0.755. The van der Waals surface area contributed by atoms with E-state index in [0.717, 1.165) is 13.0 Å². The normalized spacial score (nSPS) is 30.2. The van der Waals surface area contributed by atoms with Gasteiger partial charge in [0.05, 0.1) is 0 Å². The molecule has 1 rings (SSSR count). The first-order valence-electron chi connectivity index (χ1n) is 3.80. The average molecular weight is 155 g/mol. The molecule has 1 unspecified atom stereocenters. The maximum atomic E-state index is 10.8. The summed E-state index contributed by atoms with van der Waals surface area (Å²) in [5, 5.41) is 11.9. The highest BCUT2D eigenvalue weighted by molar-refractivity contribution is 5.79. The number of carbonyl (C=O) groups is 1. The van der Waals surface area contributed by atoms with Crippen molar-refractivity contribution in [1.29, 1.82) is 0 Å². The minimum absolute atomic E-state index is 0.516. The predicted molar refractivity (Wildman–Crippen MR) is 42.4 cm³/mol. The van der Waals surface area contributed by atoms with Crippen molar-refractivity contribution in [3.05, 3.63) is 12.7 Å². The Morgan fingerprint density at radius 3 is 2.91 bits per heavy atom. The maximum absolute atomic E-state index is 10.8. The highest BCUT2D eigenvalue weighted by Crippen LogP contribution is 2.23. The van der Waals surface area contributed by atoms with E-state index >= 15 is 0 Å². The van der Waals surface area contributed by atoms with E-state index in [1.807, 2.05) is 0 Å². The van der Waals surface area contributed by atoms with Gasteiger partial charge >= 0.3 is 5.97 Å². The quantitative estimate of drug-likeness (QED) is 0.592. The average Bonchev–Trinajstić information content (AvgIpc) is 2.38. The Morgan fingerprint density at radius 2 is 2.55 bits per heavy atom. The number of nitrogens with one attached hydrogen (secondary N) is 1. The van der Waals surface area contributed by atoms with Gasteiger partial charge in [0.15, 0.2) is 0 Å². The first-order chi connectivity index (χ1) is 5.21. The van der Waals surface area contributed by atoms with Gasteiger partial charge < -0.3 is 10.4 Å². The molecule has 1 saturated heterocycles. The van der Waals surface area contributed by atoms with Crippen molar-refractivity contribution in [3.8, 4) is 0 Å². The molecule has 0 bridgehead atoms. The lowest BCUT2D eigenvalue weighted by Crippen LogP contribution is -2.46. The Morgan fingerprint density at radius 1 is 1.82 bits per heavy atom. The Labute approximate surface area is 66.1 Å². The number of carboxylic acid groups (broad SMARTS) is 1. The van der Waals surface area contributed by atoms with E-state index in [4.69, 9.17) is 5.11 Å². The van der Waals surface area contributed by atoms with E-state index in [-0.39, 0.29) is 0 Å². The van der Waals surface area contributed by atoms with Crippen molar-refractivity contribution in [2.45, 2.75) is 24.8 Å². The molecule has 11 heavy (non-hydrogen) atoms. The summed E-state index contributed by atoms with van der Waals surface area (Å²) in [5.41, 5.74) is -0.707. The lowest BCUT2D eigenvalue weighted by molar-refractivity contribution is -0.144. The van der Waals surface area contributed by atoms with Gasteiger partial charge in [-0.05, 0) is 25.8 Å². The maximum Gasteiger partial charge on any atom is 0.324 e. The third-order valence-corrected chi connectivity index (χ3v) is 2.15. The molecule has 0 aromatic heterocycles. The monoisotopic (exact) mass is 155 g/mol. The van der Waals surface area contributed by atoms with Gasteiger partial charge in [-0.3, -0.25) is 4.79 Å². The minimum Gasteiger partial charge on any atom is -0.480 e. The summed E-state index contributed by atoms with van der Waals surface area (Å²) in [6, 6.07) is 0. The van der Waals surface area contributed by atoms with E-state index in [1.165, 1.54) is 0 Å². The van der Waals surface area contributed by atoms with Crippen LogP contribution in [0.4, 0.5) is 0 Å². The number of hydrogen-bond acceptors (Lipinski definition) is 2. The molecule has 0 aliphatic carbocycles. The molecule has 3 heteroatoms. The molecule has 0 amide bonds. The first-order valence-corrected chi connectivity index (χ1v) is 3.80. The van der Waals surface area contributed by atoms with Gasteiger partial charge in [0, 0.05) is 0 Å². The summed E-state index contributed by atoms with van der Waals surface area (Å²) in [4.78, 5) is 10.8. The van der Waals surface area contributed by atoms with E-state index in [2.05, 4.69) is 11.9 Å². The van der Waals surface area contributed by atoms with Gasteiger partial charge in [-0.2, -0.15) is 0 Å². The van der Waals surface area contributed by atoms with E-state index in [1.54, 1.807) is 6.08 Å². The second-order valence-corrected chi connectivity index (χ2v) is 2.91. The fourth-order valence-corrected chi connectivity index (χ4v) is 1.50. The molecule has 1 fully saturated rings. The van der Waals surface area contributed by atoms with E-state index in [9.17, 15) is 4.79 Å². The largest absolute Gasteiger partial charge is 0.480 e. The fourth-order valence-electron chi connectivity index (χ4n) is 1.50. The van der Waals surface area contributed by atoms with Gasteiger partial charge in [-0.25, -0.2) is 0 Å². The van der Waals surface area contributed by atoms with Crippen molar-refractivity contribution < 1.29 is 9.90 Å². The zero-order chi connectivity index (χ0) is 8.32.